The van der Waals surface area contributed by atoms with Crippen LogP contribution < -0.4 is 9.80 Å². The Hall–Kier alpha value is -6.38. The fourth-order valence-corrected chi connectivity index (χ4v) is 7.42. The van der Waals surface area contributed by atoms with Gasteiger partial charge in [-0.05, 0) is 133 Å². The highest BCUT2D eigenvalue weighted by atomic mass is 15.1. The third-order valence-electron chi connectivity index (χ3n) is 10.4. The lowest BCUT2D eigenvalue weighted by Gasteiger charge is -2.29. The third kappa shape index (κ3) is 7.29. The van der Waals surface area contributed by atoms with Gasteiger partial charge in [-0.3, -0.25) is 0 Å². The van der Waals surface area contributed by atoms with E-state index in [1.807, 2.05) is 0 Å². The average Bonchev–Trinajstić information content (AvgIpc) is 3.21. The van der Waals surface area contributed by atoms with Crippen LogP contribution in [0.4, 0.5) is 28.4 Å². The smallest absolute Gasteiger partial charge is 0.0467 e. The molecule has 0 spiro atoms. The van der Waals surface area contributed by atoms with Crippen molar-refractivity contribution in [3.63, 3.8) is 0 Å². The minimum Gasteiger partial charge on any atom is -0.311 e. The van der Waals surface area contributed by atoms with E-state index >= 15 is 0 Å². The van der Waals surface area contributed by atoms with Crippen LogP contribution >= 0.6 is 0 Å². The summed E-state index contributed by atoms with van der Waals surface area (Å²) in [6.45, 7) is 8.69. The lowest BCUT2D eigenvalue weighted by molar-refractivity contribution is 0.728. The highest BCUT2D eigenvalue weighted by Gasteiger charge is 2.19. The summed E-state index contributed by atoms with van der Waals surface area (Å²) in [5, 5.41) is 0. The van der Waals surface area contributed by atoms with Gasteiger partial charge in [0.2, 0.25) is 0 Å². The lowest BCUT2D eigenvalue weighted by atomic mass is 9.89. The van der Waals surface area contributed by atoms with Gasteiger partial charge in [0.05, 0.1) is 0 Å². The van der Waals surface area contributed by atoms with Crippen molar-refractivity contribution >= 4 is 28.4 Å². The van der Waals surface area contributed by atoms with Crippen molar-refractivity contribution in [1.82, 2.24) is 0 Å². The Morgan fingerprint density at radius 2 is 0.815 bits per heavy atom. The number of benzene rings is 7. The minimum absolute atomic E-state index is 0.542. The van der Waals surface area contributed by atoms with Gasteiger partial charge >= 0.3 is 0 Å². The van der Waals surface area contributed by atoms with Crippen LogP contribution in [-0.2, 0) is 0 Å². The molecule has 0 aromatic heterocycles. The van der Waals surface area contributed by atoms with Crippen LogP contribution in [0.1, 0.15) is 30.0 Å². The number of aryl methyl sites for hydroxylation is 3. The van der Waals surface area contributed by atoms with Gasteiger partial charge in [0.15, 0.2) is 0 Å². The molecule has 8 rings (SSSR count). The van der Waals surface area contributed by atoms with E-state index in [0.717, 1.165) is 34.9 Å². The molecule has 1 aliphatic rings. The van der Waals surface area contributed by atoms with E-state index < -0.39 is 0 Å². The van der Waals surface area contributed by atoms with Crippen molar-refractivity contribution in [2.45, 2.75) is 34.1 Å². The Morgan fingerprint density at radius 3 is 1.24 bits per heavy atom. The maximum absolute atomic E-state index is 2.39. The summed E-state index contributed by atoms with van der Waals surface area (Å²) >= 11 is 0. The zero-order chi connectivity index (χ0) is 37.0. The number of hydrogen-bond acceptors (Lipinski definition) is 2. The standard InChI is InChI=1S/C52H46N2/c1-37-19-27-43(28-20-37)53(44-29-21-38(2)22-30-44)47-13-9-11-41(35-47)49-15-5-7-17-51(49)52-18-8-6-16-50(52)42-12-10-14-48(36-42)54(45-31-23-39(3)24-32-45)46-33-25-40(4)26-34-46/h5-25,27-36,40H,26H2,1-4H3. The maximum Gasteiger partial charge on any atom is 0.0467 e. The van der Waals surface area contributed by atoms with Crippen molar-refractivity contribution in [2.75, 3.05) is 9.80 Å². The Morgan fingerprint density at radius 1 is 0.407 bits per heavy atom. The Labute approximate surface area is 321 Å². The quantitative estimate of drug-likeness (QED) is 0.148. The molecule has 1 atom stereocenters. The monoisotopic (exact) mass is 698 g/mol. The van der Waals surface area contributed by atoms with Gasteiger partial charge < -0.3 is 9.80 Å². The molecule has 2 nitrogen and oxygen atoms in total. The lowest BCUT2D eigenvalue weighted by Crippen LogP contribution is -2.17. The normalized spacial score (nSPS) is 13.7. The summed E-state index contributed by atoms with van der Waals surface area (Å²) in [6.07, 6.45) is 8.00. The largest absolute Gasteiger partial charge is 0.311 e. The van der Waals surface area contributed by atoms with E-state index in [9.17, 15) is 0 Å². The number of hydrogen-bond donors (Lipinski definition) is 0. The topological polar surface area (TPSA) is 6.48 Å². The van der Waals surface area contributed by atoms with E-state index in [-0.39, 0.29) is 0 Å². The van der Waals surface area contributed by atoms with E-state index in [0.29, 0.717) is 5.92 Å². The first-order chi connectivity index (χ1) is 26.4. The van der Waals surface area contributed by atoms with Crippen LogP contribution in [0, 0.1) is 26.7 Å². The van der Waals surface area contributed by atoms with Gasteiger partial charge in [-0.1, -0.05) is 145 Å². The summed E-state index contributed by atoms with van der Waals surface area (Å²) < 4.78 is 0. The minimum atomic E-state index is 0.542. The van der Waals surface area contributed by atoms with E-state index in [2.05, 4.69) is 226 Å². The number of rotatable bonds is 9. The Kier molecular flexibility index (Phi) is 9.83. The molecule has 7 aromatic carbocycles. The molecule has 0 fully saturated rings. The van der Waals surface area contributed by atoms with Crippen LogP contribution in [0.2, 0.25) is 0 Å². The van der Waals surface area contributed by atoms with Gasteiger partial charge in [0, 0.05) is 34.1 Å². The maximum atomic E-state index is 2.39. The Balaban J connectivity index is 1.21. The Bertz CT molecular complexity index is 2400. The highest BCUT2D eigenvalue weighted by molar-refractivity contribution is 5.93. The molecule has 0 N–H and O–H groups in total. The SMILES string of the molecule is Cc1ccc(N(C2=CCC(C)C=C2)c2cccc(-c3ccccc3-c3ccccc3-c3cccc(N(c4ccc(C)cc4)c4ccc(C)cc4)c3)c2)cc1. The summed E-state index contributed by atoms with van der Waals surface area (Å²) in [7, 11) is 0. The first-order valence-electron chi connectivity index (χ1n) is 19.0. The van der Waals surface area contributed by atoms with Gasteiger partial charge in [-0.15, -0.1) is 0 Å². The second kappa shape index (κ2) is 15.3. The van der Waals surface area contributed by atoms with Crippen LogP contribution in [0.3, 0.4) is 0 Å². The second-order valence-corrected chi connectivity index (χ2v) is 14.6. The number of allylic oxidation sites excluding steroid dienone is 3. The summed E-state index contributed by atoms with van der Waals surface area (Å²) in [6, 6.07) is 62.1. The molecule has 0 heterocycles. The molecule has 7 aromatic rings. The van der Waals surface area contributed by atoms with Crippen LogP contribution in [0.5, 0.6) is 0 Å². The van der Waals surface area contributed by atoms with E-state index in [1.165, 1.54) is 55.8 Å². The molecule has 0 radical (unpaired) electrons. The summed E-state index contributed by atoms with van der Waals surface area (Å²) in [4.78, 5) is 4.74. The fraction of sp³-hybridized carbons (Fsp3) is 0.115. The summed E-state index contributed by atoms with van der Waals surface area (Å²) in [5.41, 5.74) is 17.8. The molecule has 0 aliphatic heterocycles. The predicted molar refractivity (Wildman–Crippen MR) is 231 cm³/mol. The molecule has 54 heavy (non-hydrogen) atoms. The molecule has 0 saturated carbocycles. The van der Waals surface area contributed by atoms with Crippen LogP contribution in [-0.4, -0.2) is 0 Å². The predicted octanol–water partition coefficient (Wildman–Crippen LogP) is 14.7. The van der Waals surface area contributed by atoms with Crippen molar-refractivity contribution < 1.29 is 0 Å². The van der Waals surface area contributed by atoms with Gasteiger partial charge in [-0.2, -0.15) is 0 Å². The molecule has 1 aliphatic carbocycles. The zero-order valence-corrected chi connectivity index (χ0v) is 31.6. The molecule has 0 amide bonds. The molecule has 1 unspecified atom stereocenters. The number of anilines is 5. The zero-order valence-electron chi connectivity index (χ0n) is 31.6. The molecule has 0 bridgehead atoms. The molecular formula is C52H46N2. The first kappa shape index (κ1) is 34.7. The van der Waals surface area contributed by atoms with Crippen LogP contribution in [0.15, 0.2) is 194 Å². The highest BCUT2D eigenvalue weighted by Crippen LogP contribution is 2.42. The first-order valence-corrected chi connectivity index (χ1v) is 19.0. The van der Waals surface area contributed by atoms with Crippen molar-refractivity contribution in [3.05, 3.63) is 210 Å². The van der Waals surface area contributed by atoms with Crippen molar-refractivity contribution in [1.29, 1.82) is 0 Å². The van der Waals surface area contributed by atoms with Gasteiger partial charge in [0.25, 0.3) is 0 Å². The molecule has 2 heteroatoms. The summed E-state index contributed by atoms with van der Waals surface area (Å²) in [5.74, 6) is 0.542. The average molecular weight is 699 g/mol. The van der Waals surface area contributed by atoms with E-state index in [1.54, 1.807) is 0 Å². The van der Waals surface area contributed by atoms with Crippen LogP contribution in [0.25, 0.3) is 33.4 Å². The fourth-order valence-electron chi connectivity index (χ4n) is 7.42. The molecule has 0 saturated heterocycles. The number of nitrogens with zero attached hydrogens (tertiary/aromatic N) is 2. The second-order valence-electron chi connectivity index (χ2n) is 14.6. The molecular weight excluding hydrogens is 653 g/mol. The van der Waals surface area contributed by atoms with Gasteiger partial charge in [0.1, 0.15) is 0 Å². The van der Waals surface area contributed by atoms with E-state index in [4.69, 9.17) is 0 Å². The van der Waals surface area contributed by atoms with Gasteiger partial charge in [-0.25, -0.2) is 0 Å². The van der Waals surface area contributed by atoms with Crippen molar-refractivity contribution in [3.8, 4) is 33.4 Å². The molecule has 264 valence electrons. The van der Waals surface area contributed by atoms with Crippen molar-refractivity contribution in [2.24, 2.45) is 5.92 Å². The third-order valence-corrected chi connectivity index (χ3v) is 10.4.